The molecule has 0 aliphatic rings. The molecular weight excluding hydrogens is 413 g/mol. The van der Waals surface area contributed by atoms with Crippen molar-refractivity contribution in [1.29, 1.82) is 0 Å². The van der Waals surface area contributed by atoms with Crippen LogP contribution in [-0.2, 0) is 4.74 Å². The van der Waals surface area contributed by atoms with Crippen molar-refractivity contribution in [2.45, 2.75) is 6.92 Å². The second-order valence-corrected chi connectivity index (χ2v) is 5.47. The fourth-order valence-electron chi connectivity index (χ4n) is 1.45. The Balaban J connectivity index is 2.48. The van der Waals surface area contributed by atoms with Crippen molar-refractivity contribution in [1.82, 2.24) is 4.98 Å². The van der Waals surface area contributed by atoms with Crippen LogP contribution < -0.4 is 0 Å². The quantitative estimate of drug-likeness (QED) is 0.557. The Morgan fingerprint density at radius 1 is 1.56 bits per heavy atom. The Hall–Kier alpha value is -0.890. The summed E-state index contributed by atoms with van der Waals surface area (Å²) in [6, 6.07) is 5.76. The van der Waals surface area contributed by atoms with Gasteiger partial charge in [-0.2, -0.15) is 0 Å². The van der Waals surface area contributed by atoms with Crippen molar-refractivity contribution in [3.05, 3.63) is 38.3 Å². The first-order chi connectivity index (χ1) is 8.63. The lowest BCUT2D eigenvalue weighted by molar-refractivity contribution is 0.0520. The molecule has 0 spiro atoms. The molecule has 0 fully saturated rings. The zero-order chi connectivity index (χ0) is 13.1. The maximum absolute atomic E-state index is 11.7. The second kappa shape index (κ2) is 5.83. The summed E-state index contributed by atoms with van der Waals surface area (Å²) < 4.78 is 12.1. The molecule has 6 heteroatoms. The third kappa shape index (κ3) is 2.74. The van der Waals surface area contributed by atoms with Gasteiger partial charge in [-0.1, -0.05) is 15.9 Å². The summed E-state index contributed by atoms with van der Waals surface area (Å²) in [6.07, 6.45) is 1.24. The molecule has 0 saturated heterocycles. The largest absolute Gasteiger partial charge is 0.461 e. The Morgan fingerprint density at radius 2 is 2.33 bits per heavy atom. The van der Waals surface area contributed by atoms with Crippen molar-refractivity contribution >= 4 is 44.5 Å². The Bertz CT molecular complexity index is 582. The highest BCUT2D eigenvalue weighted by atomic mass is 127. The van der Waals surface area contributed by atoms with Gasteiger partial charge in [0, 0.05) is 13.6 Å². The van der Waals surface area contributed by atoms with Gasteiger partial charge in [-0.3, -0.25) is 0 Å². The van der Waals surface area contributed by atoms with Gasteiger partial charge in [0.2, 0.25) is 0 Å². The predicted molar refractivity (Wildman–Crippen MR) is 78.3 cm³/mol. The van der Waals surface area contributed by atoms with Crippen LogP contribution in [0.25, 0.3) is 11.3 Å². The Labute approximate surface area is 126 Å². The van der Waals surface area contributed by atoms with Crippen LogP contribution in [0.5, 0.6) is 0 Å². The molecule has 0 aliphatic heterocycles. The van der Waals surface area contributed by atoms with Crippen LogP contribution in [-0.4, -0.2) is 17.6 Å². The number of carbonyl (C=O) groups excluding carboxylic acids is 1. The number of rotatable bonds is 3. The number of benzene rings is 1. The number of esters is 1. The zero-order valence-corrected chi connectivity index (χ0v) is 13.2. The van der Waals surface area contributed by atoms with E-state index < -0.39 is 5.97 Å². The van der Waals surface area contributed by atoms with E-state index in [1.807, 2.05) is 18.2 Å². The number of nitrogens with zero attached hydrogens (tertiary/aromatic N) is 1. The topological polar surface area (TPSA) is 52.3 Å². The minimum absolute atomic E-state index is 0.194. The van der Waals surface area contributed by atoms with Crippen molar-refractivity contribution in [3.8, 4) is 11.3 Å². The van der Waals surface area contributed by atoms with Crippen LogP contribution in [0.4, 0.5) is 0 Å². The first kappa shape index (κ1) is 13.5. The molecule has 2 rings (SSSR count). The van der Waals surface area contributed by atoms with Crippen LogP contribution in [0.3, 0.4) is 0 Å². The van der Waals surface area contributed by atoms with Crippen LogP contribution in [0, 0.1) is 3.57 Å². The minimum atomic E-state index is -0.480. The summed E-state index contributed by atoms with van der Waals surface area (Å²) >= 11 is 5.62. The fourth-order valence-corrected chi connectivity index (χ4v) is 2.37. The number of ether oxygens (including phenoxy) is 1. The maximum atomic E-state index is 11.7. The molecule has 0 atom stereocenters. The lowest BCUT2D eigenvalue weighted by atomic mass is 10.1. The molecule has 0 aliphatic carbocycles. The van der Waals surface area contributed by atoms with E-state index in [-0.39, 0.29) is 5.69 Å². The van der Waals surface area contributed by atoms with Gasteiger partial charge >= 0.3 is 5.97 Å². The zero-order valence-electron chi connectivity index (χ0n) is 9.44. The summed E-state index contributed by atoms with van der Waals surface area (Å²) in [5.74, 6) is -0.0640. The molecule has 0 amide bonds. The Kier molecular flexibility index (Phi) is 4.39. The maximum Gasteiger partial charge on any atom is 0.360 e. The number of hydrogen-bond acceptors (Lipinski definition) is 4. The number of oxazole rings is 1. The molecular formula is C12H9BrINO3. The SMILES string of the molecule is CCOC(=O)c1ncoc1-c1cc(I)ccc1Br. The van der Waals surface area contributed by atoms with E-state index in [4.69, 9.17) is 9.15 Å². The van der Waals surface area contributed by atoms with Crippen LogP contribution >= 0.6 is 38.5 Å². The minimum Gasteiger partial charge on any atom is -0.461 e. The first-order valence-corrected chi connectivity index (χ1v) is 7.06. The average Bonchev–Trinajstić information content (AvgIpc) is 2.81. The van der Waals surface area contributed by atoms with E-state index in [1.54, 1.807) is 6.92 Å². The normalized spacial score (nSPS) is 10.4. The molecule has 18 heavy (non-hydrogen) atoms. The van der Waals surface area contributed by atoms with Crippen molar-refractivity contribution < 1.29 is 13.9 Å². The third-order valence-electron chi connectivity index (χ3n) is 2.21. The van der Waals surface area contributed by atoms with Gasteiger partial charge in [-0.25, -0.2) is 9.78 Å². The molecule has 0 N–H and O–H groups in total. The standard InChI is InChI=1S/C12H9BrINO3/c1-2-17-12(16)10-11(18-6-15-10)8-5-7(14)3-4-9(8)13/h3-6H,2H2,1H3. The van der Waals surface area contributed by atoms with Crippen molar-refractivity contribution in [2.75, 3.05) is 6.61 Å². The van der Waals surface area contributed by atoms with E-state index in [1.165, 1.54) is 6.39 Å². The molecule has 1 aromatic carbocycles. The summed E-state index contributed by atoms with van der Waals surface area (Å²) in [4.78, 5) is 15.7. The smallest absolute Gasteiger partial charge is 0.360 e. The highest BCUT2D eigenvalue weighted by Gasteiger charge is 2.21. The molecule has 0 saturated carbocycles. The monoisotopic (exact) mass is 421 g/mol. The molecule has 1 heterocycles. The van der Waals surface area contributed by atoms with E-state index in [9.17, 15) is 4.79 Å². The van der Waals surface area contributed by atoms with Crippen molar-refractivity contribution in [3.63, 3.8) is 0 Å². The van der Waals surface area contributed by atoms with E-state index in [0.717, 1.165) is 13.6 Å². The highest BCUT2D eigenvalue weighted by Crippen LogP contribution is 2.32. The van der Waals surface area contributed by atoms with Crippen molar-refractivity contribution in [2.24, 2.45) is 0 Å². The summed E-state index contributed by atoms with van der Waals surface area (Å²) in [7, 11) is 0. The number of halogens is 2. The Morgan fingerprint density at radius 3 is 3.06 bits per heavy atom. The fraction of sp³-hybridized carbons (Fsp3) is 0.167. The summed E-state index contributed by atoms with van der Waals surface area (Å²) in [6.45, 7) is 2.05. The van der Waals surface area contributed by atoms with Crippen LogP contribution in [0.15, 0.2) is 33.5 Å². The van der Waals surface area contributed by atoms with Gasteiger partial charge in [0.05, 0.1) is 6.61 Å². The van der Waals surface area contributed by atoms with E-state index in [0.29, 0.717) is 12.4 Å². The molecule has 0 bridgehead atoms. The molecule has 0 unspecified atom stereocenters. The van der Waals surface area contributed by atoms with Gasteiger partial charge in [0.15, 0.2) is 17.8 Å². The molecule has 4 nitrogen and oxygen atoms in total. The lowest BCUT2D eigenvalue weighted by Gasteiger charge is -2.04. The van der Waals surface area contributed by atoms with Gasteiger partial charge in [-0.05, 0) is 47.7 Å². The van der Waals surface area contributed by atoms with Gasteiger partial charge in [0.1, 0.15) is 0 Å². The predicted octanol–water partition coefficient (Wildman–Crippen LogP) is 3.89. The number of hydrogen-bond donors (Lipinski definition) is 0. The van der Waals surface area contributed by atoms with Gasteiger partial charge < -0.3 is 9.15 Å². The summed E-state index contributed by atoms with van der Waals surface area (Å²) in [5, 5.41) is 0. The lowest BCUT2D eigenvalue weighted by Crippen LogP contribution is -2.06. The van der Waals surface area contributed by atoms with Gasteiger partial charge in [-0.15, -0.1) is 0 Å². The molecule has 1 aromatic heterocycles. The second-order valence-electron chi connectivity index (χ2n) is 3.37. The average molecular weight is 422 g/mol. The van der Waals surface area contributed by atoms with E-state index in [2.05, 4.69) is 43.5 Å². The van der Waals surface area contributed by atoms with E-state index >= 15 is 0 Å². The molecule has 0 radical (unpaired) electrons. The molecule has 94 valence electrons. The third-order valence-corrected chi connectivity index (χ3v) is 3.57. The van der Waals surface area contributed by atoms with Gasteiger partial charge in [0.25, 0.3) is 0 Å². The van der Waals surface area contributed by atoms with Crippen LogP contribution in [0.2, 0.25) is 0 Å². The summed E-state index contributed by atoms with van der Waals surface area (Å²) in [5.41, 5.74) is 0.974. The highest BCUT2D eigenvalue weighted by molar-refractivity contribution is 14.1. The number of aromatic nitrogens is 1. The first-order valence-electron chi connectivity index (χ1n) is 5.19. The number of carbonyl (C=O) groups is 1. The van der Waals surface area contributed by atoms with Crippen LogP contribution in [0.1, 0.15) is 17.4 Å². The molecule has 2 aromatic rings.